The van der Waals surface area contributed by atoms with E-state index in [1.807, 2.05) is 25.1 Å². The largest absolute Gasteiger partial charge is 0.397 e. The standard InChI is InChI=1S/C16H25N3O/c1-3-4-16(20)18-13-5-6-15(14(17)11-13)19-9-7-12(2)8-10-19/h5-6,11-12H,3-4,7-10,17H2,1-2H3,(H,18,20). The van der Waals surface area contributed by atoms with Crippen molar-refractivity contribution in [1.29, 1.82) is 0 Å². The first-order chi connectivity index (χ1) is 9.60. The fraction of sp³-hybridized carbons (Fsp3) is 0.562. The summed E-state index contributed by atoms with van der Waals surface area (Å²) >= 11 is 0. The Hall–Kier alpha value is -1.71. The average Bonchev–Trinajstić information content (AvgIpc) is 2.40. The molecular weight excluding hydrogens is 250 g/mol. The van der Waals surface area contributed by atoms with Crippen LogP contribution in [0.25, 0.3) is 0 Å². The van der Waals surface area contributed by atoms with Crippen LogP contribution in [0.4, 0.5) is 17.1 Å². The maximum Gasteiger partial charge on any atom is 0.224 e. The highest BCUT2D eigenvalue weighted by Crippen LogP contribution is 2.30. The first-order valence-corrected chi connectivity index (χ1v) is 7.54. The summed E-state index contributed by atoms with van der Waals surface area (Å²) in [6.45, 7) is 6.42. The number of anilines is 3. The molecule has 1 aliphatic rings. The normalized spacial score (nSPS) is 16.2. The van der Waals surface area contributed by atoms with Gasteiger partial charge >= 0.3 is 0 Å². The van der Waals surface area contributed by atoms with E-state index in [1.54, 1.807) is 0 Å². The molecule has 0 spiro atoms. The van der Waals surface area contributed by atoms with E-state index in [2.05, 4.69) is 17.1 Å². The topological polar surface area (TPSA) is 58.4 Å². The van der Waals surface area contributed by atoms with E-state index in [9.17, 15) is 4.79 Å². The summed E-state index contributed by atoms with van der Waals surface area (Å²) in [5.74, 6) is 0.853. The quantitative estimate of drug-likeness (QED) is 0.829. The van der Waals surface area contributed by atoms with Gasteiger partial charge in [-0.05, 0) is 43.4 Å². The lowest BCUT2D eigenvalue weighted by Crippen LogP contribution is -2.33. The second-order valence-electron chi connectivity index (χ2n) is 5.74. The van der Waals surface area contributed by atoms with Crippen LogP contribution in [0.15, 0.2) is 18.2 Å². The van der Waals surface area contributed by atoms with Gasteiger partial charge < -0.3 is 16.0 Å². The molecule has 1 saturated heterocycles. The van der Waals surface area contributed by atoms with Gasteiger partial charge in [0.05, 0.1) is 11.4 Å². The van der Waals surface area contributed by atoms with Crippen LogP contribution in [0.5, 0.6) is 0 Å². The van der Waals surface area contributed by atoms with Crippen LogP contribution in [0.1, 0.15) is 39.5 Å². The predicted octanol–water partition coefficient (Wildman–Crippen LogP) is 3.24. The van der Waals surface area contributed by atoms with E-state index in [0.717, 1.165) is 42.5 Å². The average molecular weight is 275 g/mol. The molecule has 0 bridgehead atoms. The molecule has 4 heteroatoms. The Morgan fingerprint density at radius 3 is 2.70 bits per heavy atom. The van der Waals surface area contributed by atoms with Crippen LogP contribution in [0.2, 0.25) is 0 Å². The molecule has 110 valence electrons. The minimum absolute atomic E-state index is 0.0476. The number of nitrogens with zero attached hydrogens (tertiary/aromatic N) is 1. The number of hydrogen-bond donors (Lipinski definition) is 2. The summed E-state index contributed by atoms with van der Waals surface area (Å²) in [5, 5.41) is 2.88. The molecule has 1 fully saturated rings. The number of carbonyl (C=O) groups is 1. The zero-order chi connectivity index (χ0) is 14.5. The zero-order valence-electron chi connectivity index (χ0n) is 12.5. The van der Waals surface area contributed by atoms with Crippen molar-refractivity contribution in [3.63, 3.8) is 0 Å². The van der Waals surface area contributed by atoms with Crippen molar-refractivity contribution in [2.75, 3.05) is 29.0 Å². The summed E-state index contributed by atoms with van der Waals surface area (Å²) in [6, 6.07) is 5.82. The van der Waals surface area contributed by atoms with Gasteiger partial charge in [0.25, 0.3) is 0 Å². The Kier molecular flexibility index (Phi) is 4.88. The molecule has 0 atom stereocenters. The lowest BCUT2D eigenvalue weighted by Gasteiger charge is -2.33. The summed E-state index contributed by atoms with van der Waals surface area (Å²) in [6.07, 6.45) is 3.83. The summed E-state index contributed by atoms with van der Waals surface area (Å²) in [4.78, 5) is 13.9. The maximum absolute atomic E-state index is 11.6. The third kappa shape index (κ3) is 3.65. The minimum Gasteiger partial charge on any atom is -0.397 e. The highest BCUT2D eigenvalue weighted by Gasteiger charge is 2.17. The number of rotatable bonds is 4. The van der Waals surface area contributed by atoms with E-state index in [4.69, 9.17) is 5.73 Å². The van der Waals surface area contributed by atoms with Gasteiger partial charge in [-0.1, -0.05) is 13.8 Å². The van der Waals surface area contributed by atoms with Gasteiger partial charge in [-0.15, -0.1) is 0 Å². The molecule has 1 aromatic carbocycles. The molecule has 4 nitrogen and oxygen atoms in total. The molecule has 0 aromatic heterocycles. The number of nitrogen functional groups attached to an aromatic ring is 1. The van der Waals surface area contributed by atoms with E-state index in [0.29, 0.717) is 6.42 Å². The Labute approximate surface area is 121 Å². The predicted molar refractivity (Wildman–Crippen MR) is 85.0 cm³/mol. The van der Waals surface area contributed by atoms with Crippen molar-refractivity contribution < 1.29 is 4.79 Å². The molecule has 20 heavy (non-hydrogen) atoms. The van der Waals surface area contributed by atoms with E-state index in [1.165, 1.54) is 12.8 Å². The van der Waals surface area contributed by atoms with Crippen LogP contribution in [-0.4, -0.2) is 19.0 Å². The first-order valence-electron chi connectivity index (χ1n) is 7.54. The fourth-order valence-corrected chi connectivity index (χ4v) is 2.62. The third-order valence-corrected chi connectivity index (χ3v) is 3.91. The number of benzene rings is 1. The molecule has 1 aromatic rings. The summed E-state index contributed by atoms with van der Waals surface area (Å²) < 4.78 is 0. The number of carbonyl (C=O) groups excluding carboxylic acids is 1. The van der Waals surface area contributed by atoms with Crippen LogP contribution < -0.4 is 16.0 Å². The number of amides is 1. The number of piperidine rings is 1. The Balaban J connectivity index is 2.04. The Morgan fingerprint density at radius 2 is 2.10 bits per heavy atom. The van der Waals surface area contributed by atoms with Crippen LogP contribution >= 0.6 is 0 Å². The van der Waals surface area contributed by atoms with Gasteiger partial charge in [-0.3, -0.25) is 4.79 Å². The molecular formula is C16H25N3O. The fourth-order valence-electron chi connectivity index (χ4n) is 2.62. The second-order valence-corrected chi connectivity index (χ2v) is 5.74. The zero-order valence-corrected chi connectivity index (χ0v) is 12.5. The van der Waals surface area contributed by atoms with Gasteiger partial charge in [0, 0.05) is 25.2 Å². The third-order valence-electron chi connectivity index (χ3n) is 3.91. The van der Waals surface area contributed by atoms with E-state index < -0.39 is 0 Å². The summed E-state index contributed by atoms with van der Waals surface area (Å²) in [5.41, 5.74) is 8.76. The minimum atomic E-state index is 0.0476. The smallest absolute Gasteiger partial charge is 0.224 e. The van der Waals surface area contributed by atoms with Crippen molar-refractivity contribution in [2.45, 2.75) is 39.5 Å². The Morgan fingerprint density at radius 1 is 1.40 bits per heavy atom. The molecule has 0 aliphatic carbocycles. The molecule has 2 rings (SSSR count). The van der Waals surface area contributed by atoms with Gasteiger partial charge in [-0.25, -0.2) is 0 Å². The molecule has 0 radical (unpaired) electrons. The molecule has 1 amide bonds. The first kappa shape index (κ1) is 14.7. The lowest BCUT2D eigenvalue weighted by molar-refractivity contribution is -0.116. The van der Waals surface area contributed by atoms with Gasteiger partial charge in [-0.2, -0.15) is 0 Å². The van der Waals surface area contributed by atoms with Gasteiger partial charge in [0.15, 0.2) is 0 Å². The van der Waals surface area contributed by atoms with Gasteiger partial charge in [0.1, 0.15) is 0 Å². The molecule has 0 saturated carbocycles. The lowest BCUT2D eigenvalue weighted by atomic mass is 9.98. The SMILES string of the molecule is CCCC(=O)Nc1ccc(N2CCC(C)CC2)c(N)c1. The van der Waals surface area contributed by atoms with Crippen LogP contribution in [-0.2, 0) is 4.79 Å². The second kappa shape index (κ2) is 6.64. The van der Waals surface area contributed by atoms with Crippen molar-refractivity contribution in [3.8, 4) is 0 Å². The monoisotopic (exact) mass is 275 g/mol. The van der Waals surface area contributed by atoms with Crippen LogP contribution in [0, 0.1) is 5.92 Å². The Bertz CT molecular complexity index is 465. The molecule has 3 N–H and O–H groups in total. The van der Waals surface area contributed by atoms with Crippen molar-refractivity contribution in [1.82, 2.24) is 0 Å². The summed E-state index contributed by atoms with van der Waals surface area (Å²) in [7, 11) is 0. The number of nitrogens with two attached hydrogens (primary N) is 1. The molecule has 1 aliphatic heterocycles. The molecule has 0 unspecified atom stereocenters. The molecule has 1 heterocycles. The number of hydrogen-bond acceptors (Lipinski definition) is 3. The van der Waals surface area contributed by atoms with E-state index in [-0.39, 0.29) is 5.91 Å². The van der Waals surface area contributed by atoms with Crippen LogP contribution in [0.3, 0.4) is 0 Å². The van der Waals surface area contributed by atoms with Crippen molar-refractivity contribution in [2.24, 2.45) is 5.92 Å². The highest BCUT2D eigenvalue weighted by atomic mass is 16.1. The number of nitrogens with one attached hydrogen (secondary N) is 1. The van der Waals surface area contributed by atoms with E-state index >= 15 is 0 Å². The van der Waals surface area contributed by atoms with Crippen molar-refractivity contribution in [3.05, 3.63) is 18.2 Å². The van der Waals surface area contributed by atoms with Gasteiger partial charge in [0.2, 0.25) is 5.91 Å². The highest BCUT2D eigenvalue weighted by molar-refractivity contribution is 5.92. The van der Waals surface area contributed by atoms with Crippen molar-refractivity contribution >= 4 is 23.0 Å². The maximum atomic E-state index is 11.6.